The fraction of sp³-hybridized carbons (Fsp3) is 0.0833. The van der Waals surface area contributed by atoms with E-state index in [0.717, 1.165) is 16.3 Å². The molecule has 0 amide bonds. The first-order chi connectivity index (χ1) is 8.70. The van der Waals surface area contributed by atoms with Crippen LogP contribution in [0.25, 0.3) is 21.9 Å². The Morgan fingerprint density at radius 1 is 1.39 bits per heavy atom. The molecule has 6 nitrogen and oxygen atoms in total. The van der Waals surface area contributed by atoms with E-state index in [1.807, 2.05) is 0 Å². The summed E-state index contributed by atoms with van der Waals surface area (Å²) < 4.78 is 4.69. The second-order valence-electron chi connectivity index (χ2n) is 3.86. The minimum atomic E-state index is -0.387. The number of nitrogen functional groups attached to an aromatic ring is 1. The molecule has 0 fully saturated rings. The summed E-state index contributed by atoms with van der Waals surface area (Å²) in [4.78, 5) is 22.7. The molecular weight excluding hydrogens is 232 g/mol. The van der Waals surface area contributed by atoms with Gasteiger partial charge >= 0.3 is 5.97 Å². The molecule has 2 aromatic heterocycles. The molecule has 2 heterocycles. The van der Waals surface area contributed by atoms with Crippen molar-refractivity contribution in [2.45, 2.75) is 0 Å². The predicted octanol–water partition coefficient (Wildman–Crippen LogP) is 1.48. The van der Waals surface area contributed by atoms with Gasteiger partial charge in [0.15, 0.2) is 0 Å². The quantitative estimate of drug-likeness (QED) is 0.630. The van der Waals surface area contributed by atoms with Gasteiger partial charge < -0.3 is 15.5 Å². The monoisotopic (exact) mass is 242 g/mol. The topological polar surface area (TPSA) is 93.9 Å². The van der Waals surface area contributed by atoms with Gasteiger partial charge in [-0.3, -0.25) is 0 Å². The van der Waals surface area contributed by atoms with Crippen molar-refractivity contribution in [1.82, 2.24) is 15.0 Å². The van der Waals surface area contributed by atoms with E-state index in [1.165, 1.54) is 13.4 Å². The molecule has 0 aliphatic heterocycles. The molecule has 6 heteroatoms. The zero-order chi connectivity index (χ0) is 12.7. The summed E-state index contributed by atoms with van der Waals surface area (Å²) in [6.45, 7) is 0. The average Bonchev–Trinajstić information content (AvgIpc) is 2.76. The van der Waals surface area contributed by atoms with Crippen molar-refractivity contribution in [2.24, 2.45) is 0 Å². The number of nitrogens with one attached hydrogen (secondary N) is 1. The van der Waals surface area contributed by atoms with Crippen molar-refractivity contribution < 1.29 is 9.53 Å². The summed E-state index contributed by atoms with van der Waals surface area (Å²) in [6, 6.07) is 5.20. The summed E-state index contributed by atoms with van der Waals surface area (Å²) >= 11 is 0. The van der Waals surface area contributed by atoms with Crippen molar-refractivity contribution in [3.05, 3.63) is 30.1 Å². The van der Waals surface area contributed by atoms with Gasteiger partial charge in [0.1, 0.15) is 17.8 Å². The second-order valence-corrected chi connectivity index (χ2v) is 3.86. The number of nitrogens with zero attached hydrogens (tertiary/aromatic N) is 2. The standard InChI is InChI=1S/C12H10N4O2/c1-18-12(17)6-2-3-8-7(4-6)9-10(13)14-5-15-11(9)16-8/h2-5H,1H3,(H3,13,14,15,16). The van der Waals surface area contributed by atoms with Gasteiger partial charge in [-0.2, -0.15) is 0 Å². The molecule has 1 aromatic carbocycles. The van der Waals surface area contributed by atoms with Gasteiger partial charge in [-0.15, -0.1) is 0 Å². The number of carbonyl (C=O) groups excluding carboxylic acids is 1. The van der Waals surface area contributed by atoms with Crippen LogP contribution >= 0.6 is 0 Å². The lowest BCUT2D eigenvalue weighted by atomic mass is 10.1. The molecule has 0 bridgehead atoms. The number of nitrogens with two attached hydrogens (primary N) is 1. The number of esters is 1. The van der Waals surface area contributed by atoms with Gasteiger partial charge in [0.2, 0.25) is 0 Å². The molecule has 3 aromatic rings. The zero-order valence-corrected chi connectivity index (χ0v) is 9.60. The first-order valence-corrected chi connectivity index (χ1v) is 5.31. The number of hydrogen-bond acceptors (Lipinski definition) is 5. The molecule has 0 spiro atoms. The van der Waals surface area contributed by atoms with Gasteiger partial charge in [-0.25, -0.2) is 14.8 Å². The molecule has 0 saturated carbocycles. The first-order valence-electron chi connectivity index (χ1n) is 5.31. The van der Waals surface area contributed by atoms with Crippen LogP contribution in [0, 0.1) is 0 Å². The molecule has 0 atom stereocenters. The maximum absolute atomic E-state index is 11.5. The van der Waals surface area contributed by atoms with Crippen LogP contribution in [-0.4, -0.2) is 28.0 Å². The maximum atomic E-state index is 11.5. The van der Waals surface area contributed by atoms with E-state index in [-0.39, 0.29) is 5.97 Å². The van der Waals surface area contributed by atoms with Crippen LogP contribution in [0.5, 0.6) is 0 Å². The van der Waals surface area contributed by atoms with Crippen LogP contribution in [0.1, 0.15) is 10.4 Å². The highest BCUT2D eigenvalue weighted by Gasteiger charge is 2.12. The normalized spacial score (nSPS) is 10.9. The number of anilines is 1. The molecule has 3 rings (SSSR count). The SMILES string of the molecule is COC(=O)c1ccc2[nH]c3ncnc(N)c3c2c1. The van der Waals surface area contributed by atoms with Crippen LogP contribution < -0.4 is 5.73 Å². The number of methoxy groups -OCH3 is 1. The summed E-state index contributed by atoms with van der Waals surface area (Å²) in [6.07, 6.45) is 1.40. The van der Waals surface area contributed by atoms with Crippen molar-refractivity contribution in [2.75, 3.05) is 12.8 Å². The maximum Gasteiger partial charge on any atom is 0.337 e. The van der Waals surface area contributed by atoms with Crippen molar-refractivity contribution >= 4 is 33.7 Å². The van der Waals surface area contributed by atoms with E-state index >= 15 is 0 Å². The van der Waals surface area contributed by atoms with Crippen LogP contribution in [0.15, 0.2) is 24.5 Å². The van der Waals surface area contributed by atoms with Crippen LogP contribution in [0.3, 0.4) is 0 Å². The van der Waals surface area contributed by atoms with E-state index in [0.29, 0.717) is 17.0 Å². The van der Waals surface area contributed by atoms with E-state index in [1.54, 1.807) is 18.2 Å². The third kappa shape index (κ3) is 1.39. The average molecular weight is 242 g/mol. The Bertz CT molecular complexity index is 763. The van der Waals surface area contributed by atoms with E-state index in [2.05, 4.69) is 15.0 Å². The lowest BCUT2D eigenvalue weighted by Gasteiger charge is -1.99. The fourth-order valence-corrected chi connectivity index (χ4v) is 1.99. The van der Waals surface area contributed by atoms with Gasteiger partial charge in [0.05, 0.1) is 18.1 Å². The Balaban J connectivity index is 2.38. The van der Waals surface area contributed by atoms with E-state index in [9.17, 15) is 4.79 Å². The van der Waals surface area contributed by atoms with Gasteiger partial charge in [-0.05, 0) is 18.2 Å². The Kier molecular flexibility index (Phi) is 2.16. The van der Waals surface area contributed by atoms with Crippen molar-refractivity contribution in [1.29, 1.82) is 0 Å². The number of hydrogen-bond donors (Lipinski definition) is 2. The molecule has 0 saturated heterocycles. The lowest BCUT2D eigenvalue weighted by Crippen LogP contribution is -2.00. The minimum absolute atomic E-state index is 0.383. The number of H-pyrrole nitrogens is 1. The third-order valence-electron chi connectivity index (χ3n) is 2.84. The molecule has 0 aliphatic rings. The van der Waals surface area contributed by atoms with Gasteiger partial charge in [0, 0.05) is 10.9 Å². The number of rotatable bonds is 1. The highest BCUT2D eigenvalue weighted by atomic mass is 16.5. The van der Waals surface area contributed by atoms with Crippen molar-refractivity contribution in [3.63, 3.8) is 0 Å². The first kappa shape index (κ1) is 10.5. The van der Waals surface area contributed by atoms with Gasteiger partial charge in [0.25, 0.3) is 0 Å². The molecule has 0 unspecified atom stereocenters. The Morgan fingerprint density at radius 3 is 3.00 bits per heavy atom. The Hall–Kier alpha value is -2.63. The number of fused-ring (bicyclic) bond motifs is 3. The van der Waals surface area contributed by atoms with Gasteiger partial charge in [-0.1, -0.05) is 0 Å². The number of carbonyl (C=O) groups is 1. The summed E-state index contributed by atoms with van der Waals surface area (Å²) in [5.74, 6) is -0.00469. The smallest absolute Gasteiger partial charge is 0.337 e. The predicted molar refractivity (Wildman–Crippen MR) is 67.1 cm³/mol. The van der Waals surface area contributed by atoms with Crippen molar-refractivity contribution in [3.8, 4) is 0 Å². The minimum Gasteiger partial charge on any atom is -0.465 e. The second kappa shape index (κ2) is 3.69. The molecule has 18 heavy (non-hydrogen) atoms. The van der Waals surface area contributed by atoms with E-state index < -0.39 is 0 Å². The Labute approximate surface area is 102 Å². The summed E-state index contributed by atoms with van der Waals surface area (Å²) in [5, 5.41) is 1.53. The third-order valence-corrected chi connectivity index (χ3v) is 2.84. The van der Waals surface area contributed by atoms with Crippen LogP contribution in [-0.2, 0) is 4.74 Å². The van der Waals surface area contributed by atoms with Crippen LogP contribution in [0.2, 0.25) is 0 Å². The number of ether oxygens (including phenoxy) is 1. The Morgan fingerprint density at radius 2 is 2.22 bits per heavy atom. The summed E-state index contributed by atoms with van der Waals surface area (Å²) in [7, 11) is 1.35. The van der Waals surface area contributed by atoms with Crippen LogP contribution in [0.4, 0.5) is 5.82 Å². The molecular formula is C12H10N4O2. The number of aromatic nitrogens is 3. The molecule has 3 N–H and O–H groups in total. The highest BCUT2D eigenvalue weighted by Crippen LogP contribution is 2.28. The highest BCUT2D eigenvalue weighted by molar-refractivity contribution is 6.12. The van der Waals surface area contributed by atoms with E-state index in [4.69, 9.17) is 10.5 Å². The number of benzene rings is 1. The molecule has 0 aliphatic carbocycles. The molecule has 90 valence electrons. The lowest BCUT2D eigenvalue weighted by molar-refractivity contribution is 0.0601. The molecule has 0 radical (unpaired) electrons. The zero-order valence-electron chi connectivity index (χ0n) is 9.60. The summed E-state index contributed by atoms with van der Waals surface area (Å²) in [5.41, 5.74) is 7.81. The largest absolute Gasteiger partial charge is 0.465 e. The fourth-order valence-electron chi connectivity index (χ4n) is 1.99. The number of aromatic amines is 1.